The number of allylic oxidation sites excluding steroid dienone is 1. The third-order valence-corrected chi connectivity index (χ3v) is 5.03. The lowest BCUT2D eigenvalue weighted by molar-refractivity contribution is -0.112. The van der Waals surface area contributed by atoms with E-state index in [4.69, 9.17) is 0 Å². The van der Waals surface area contributed by atoms with Gasteiger partial charge in [-0.1, -0.05) is 30.3 Å². The molecular weight excluding hydrogens is 376 g/mol. The molecule has 2 amide bonds. The molecule has 1 N–H and O–H groups in total. The van der Waals surface area contributed by atoms with Gasteiger partial charge in [0.25, 0.3) is 11.8 Å². The summed E-state index contributed by atoms with van der Waals surface area (Å²) < 4.78 is 0. The van der Waals surface area contributed by atoms with Crippen molar-refractivity contribution in [2.45, 2.75) is 26.7 Å². The smallest absolute Gasteiger partial charge is 0.276 e. The number of carbonyl (C=O) groups is 2. The van der Waals surface area contributed by atoms with Crippen molar-refractivity contribution in [2.24, 2.45) is 9.98 Å². The summed E-state index contributed by atoms with van der Waals surface area (Å²) >= 11 is 0. The maximum Gasteiger partial charge on any atom is 0.276 e. The van der Waals surface area contributed by atoms with Crippen LogP contribution in [0.3, 0.4) is 0 Å². The van der Waals surface area contributed by atoms with Crippen molar-refractivity contribution in [1.82, 2.24) is 4.90 Å². The Morgan fingerprint density at radius 3 is 2.30 bits per heavy atom. The van der Waals surface area contributed by atoms with E-state index in [0.29, 0.717) is 22.7 Å². The van der Waals surface area contributed by atoms with Gasteiger partial charge < -0.3 is 10.2 Å². The molecule has 1 aliphatic rings. The first-order valence-electron chi connectivity index (χ1n) is 9.98. The number of hydrogen-bond acceptors (Lipinski definition) is 4. The standard InChI is InChI=1S/C24H26N4O2/c1-17(19-10-9-11-20(16-19)24(30)28-14-7-8-15-28)26-22(18(2)25-3)23(29)27-21-12-5-4-6-13-21/h4-6,9-13,16H,3,7-8,14-15H2,1-2H3,(H,27,29)/b22-18-,26-17?. The Balaban J connectivity index is 1.87. The van der Waals surface area contributed by atoms with Gasteiger partial charge in [-0.25, -0.2) is 4.99 Å². The van der Waals surface area contributed by atoms with Gasteiger partial charge in [0.05, 0.1) is 5.70 Å². The predicted octanol–water partition coefficient (Wildman–Crippen LogP) is 4.30. The monoisotopic (exact) mass is 402 g/mol. The first-order valence-corrected chi connectivity index (χ1v) is 9.98. The number of anilines is 1. The van der Waals surface area contributed by atoms with E-state index in [9.17, 15) is 9.59 Å². The highest BCUT2D eigenvalue weighted by molar-refractivity contribution is 6.09. The van der Waals surface area contributed by atoms with E-state index < -0.39 is 0 Å². The first-order chi connectivity index (χ1) is 14.5. The van der Waals surface area contributed by atoms with Crippen LogP contribution in [0, 0.1) is 0 Å². The lowest BCUT2D eigenvalue weighted by Crippen LogP contribution is -2.27. The van der Waals surface area contributed by atoms with E-state index in [0.717, 1.165) is 31.5 Å². The van der Waals surface area contributed by atoms with E-state index in [1.54, 1.807) is 19.1 Å². The van der Waals surface area contributed by atoms with Gasteiger partial charge in [0.1, 0.15) is 5.70 Å². The second-order valence-electron chi connectivity index (χ2n) is 7.19. The van der Waals surface area contributed by atoms with Crippen molar-refractivity contribution in [1.29, 1.82) is 0 Å². The van der Waals surface area contributed by atoms with Crippen molar-refractivity contribution in [2.75, 3.05) is 18.4 Å². The number of amides is 2. The molecule has 154 valence electrons. The zero-order valence-electron chi connectivity index (χ0n) is 17.4. The average molecular weight is 402 g/mol. The molecule has 1 saturated heterocycles. The highest BCUT2D eigenvalue weighted by Crippen LogP contribution is 2.17. The van der Waals surface area contributed by atoms with Gasteiger partial charge in [-0.2, -0.15) is 0 Å². The molecule has 0 aliphatic carbocycles. The molecule has 0 radical (unpaired) electrons. The maximum absolute atomic E-state index is 12.8. The van der Waals surface area contributed by atoms with Gasteiger partial charge in [0.2, 0.25) is 0 Å². The SMILES string of the molecule is C=N/C(C)=C(\N=C(C)c1cccc(C(=O)N2CCCC2)c1)C(=O)Nc1ccccc1. The Bertz CT molecular complexity index is 1000. The lowest BCUT2D eigenvalue weighted by Gasteiger charge is -2.15. The lowest BCUT2D eigenvalue weighted by atomic mass is 10.1. The molecule has 0 unspecified atom stereocenters. The van der Waals surface area contributed by atoms with Crippen LogP contribution in [0.1, 0.15) is 42.6 Å². The fraction of sp³-hybridized carbons (Fsp3) is 0.250. The maximum atomic E-state index is 12.8. The molecule has 1 aliphatic heterocycles. The second kappa shape index (κ2) is 9.78. The number of benzene rings is 2. The first kappa shape index (κ1) is 21.2. The van der Waals surface area contributed by atoms with E-state index in [1.807, 2.05) is 54.3 Å². The van der Waals surface area contributed by atoms with Crippen LogP contribution < -0.4 is 5.32 Å². The van der Waals surface area contributed by atoms with Crippen molar-refractivity contribution in [3.8, 4) is 0 Å². The van der Waals surface area contributed by atoms with Crippen LogP contribution in [-0.4, -0.2) is 42.2 Å². The molecule has 0 bridgehead atoms. The van der Waals surface area contributed by atoms with Gasteiger partial charge in [-0.3, -0.25) is 14.6 Å². The molecule has 2 aromatic carbocycles. The van der Waals surface area contributed by atoms with E-state index in [1.165, 1.54) is 0 Å². The summed E-state index contributed by atoms with van der Waals surface area (Å²) in [6.07, 6.45) is 2.09. The van der Waals surface area contributed by atoms with Crippen molar-refractivity contribution in [3.05, 3.63) is 77.1 Å². The predicted molar refractivity (Wildman–Crippen MR) is 121 cm³/mol. The number of rotatable bonds is 6. The molecule has 1 fully saturated rings. The molecule has 1 heterocycles. The van der Waals surface area contributed by atoms with Crippen LogP contribution >= 0.6 is 0 Å². The molecular formula is C24H26N4O2. The zero-order valence-corrected chi connectivity index (χ0v) is 17.4. The molecule has 6 heteroatoms. The fourth-order valence-corrected chi connectivity index (χ4v) is 3.29. The quantitative estimate of drug-likeness (QED) is 0.578. The summed E-state index contributed by atoms with van der Waals surface area (Å²) in [6, 6.07) is 16.5. The normalized spacial score (nSPS) is 14.9. The summed E-state index contributed by atoms with van der Waals surface area (Å²) in [5, 5.41) is 2.83. The van der Waals surface area contributed by atoms with Gasteiger partial charge in [0, 0.05) is 30.1 Å². The van der Waals surface area contributed by atoms with Crippen molar-refractivity contribution in [3.63, 3.8) is 0 Å². The van der Waals surface area contributed by atoms with Crippen LogP contribution in [0.2, 0.25) is 0 Å². The fourth-order valence-electron chi connectivity index (χ4n) is 3.29. The molecule has 0 atom stereocenters. The summed E-state index contributed by atoms with van der Waals surface area (Å²) in [7, 11) is 0. The van der Waals surface area contributed by atoms with Crippen LogP contribution in [0.5, 0.6) is 0 Å². The summed E-state index contributed by atoms with van der Waals surface area (Å²) in [6.45, 7) is 8.62. The van der Waals surface area contributed by atoms with Gasteiger partial charge >= 0.3 is 0 Å². The number of likely N-dealkylation sites (tertiary alicyclic amines) is 1. The Morgan fingerprint density at radius 1 is 0.967 bits per heavy atom. The van der Waals surface area contributed by atoms with Crippen molar-refractivity contribution < 1.29 is 9.59 Å². The number of hydrogen-bond donors (Lipinski definition) is 1. The van der Waals surface area contributed by atoms with Crippen molar-refractivity contribution >= 4 is 29.9 Å². The molecule has 0 saturated carbocycles. The van der Waals surface area contributed by atoms with E-state index in [-0.39, 0.29) is 17.5 Å². The minimum absolute atomic E-state index is 0.0312. The number of nitrogens with one attached hydrogen (secondary N) is 1. The third-order valence-electron chi connectivity index (χ3n) is 5.03. The molecule has 2 aromatic rings. The Hall–Kier alpha value is -3.54. The highest BCUT2D eigenvalue weighted by Gasteiger charge is 2.20. The molecule has 6 nitrogen and oxygen atoms in total. The highest BCUT2D eigenvalue weighted by atomic mass is 16.2. The largest absolute Gasteiger partial charge is 0.339 e. The molecule has 3 rings (SSSR count). The van der Waals surface area contributed by atoms with Crippen LogP contribution in [0.15, 0.2) is 76.0 Å². The topological polar surface area (TPSA) is 74.1 Å². The number of aliphatic imine (C=N–C) groups is 2. The Morgan fingerprint density at radius 2 is 1.63 bits per heavy atom. The summed E-state index contributed by atoms with van der Waals surface area (Å²) in [5.74, 6) is -0.335. The Labute approximate surface area is 177 Å². The molecule has 30 heavy (non-hydrogen) atoms. The summed E-state index contributed by atoms with van der Waals surface area (Å²) in [4.78, 5) is 35.8. The van der Waals surface area contributed by atoms with Crippen LogP contribution in [0.25, 0.3) is 0 Å². The van der Waals surface area contributed by atoms with Gasteiger partial charge in [0.15, 0.2) is 0 Å². The van der Waals surface area contributed by atoms with Crippen LogP contribution in [0.4, 0.5) is 5.69 Å². The average Bonchev–Trinajstić information content (AvgIpc) is 3.32. The van der Waals surface area contributed by atoms with Gasteiger partial charge in [-0.05, 0) is 63.2 Å². The second-order valence-corrected chi connectivity index (χ2v) is 7.19. The molecule has 0 aromatic heterocycles. The minimum Gasteiger partial charge on any atom is -0.339 e. The van der Waals surface area contributed by atoms with Gasteiger partial charge in [-0.15, -0.1) is 0 Å². The zero-order chi connectivity index (χ0) is 21.5. The van der Waals surface area contributed by atoms with E-state index >= 15 is 0 Å². The number of nitrogens with zero attached hydrogens (tertiary/aromatic N) is 3. The number of para-hydroxylation sites is 1. The summed E-state index contributed by atoms with van der Waals surface area (Å²) in [5.41, 5.74) is 3.30. The Kier molecular flexibility index (Phi) is 6.91. The number of carbonyl (C=O) groups excluding carboxylic acids is 2. The molecule has 0 spiro atoms. The van der Waals surface area contributed by atoms with E-state index in [2.05, 4.69) is 22.0 Å². The third kappa shape index (κ3) is 5.08. The minimum atomic E-state index is -0.366. The van der Waals surface area contributed by atoms with Crippen LogP contribution in [-0.2, 0) is 4.79 Å².